The minimum atomic E-state index is -4.47. The number of rotatable bonds is 6. The summed E-state index contributed by atoms with van der Waals surface area (Å²) in [4.78, 5) is 21.4. The van der Waals surface area contributed by atoms with Crippen LogP contribution in [0.4, 0.5) is 18.0 Å². The minimum absolute atomic E-state index is 0.0533. The van der Waals surface area contributed by atoms with E-state index in [1.165, 1.54) is 51.1 Å². The summed E-state index contributed by atoms with van der Waals surface area (Å²) >= 11 is 2.23. The number of aryl methyl sites for hydroxylation is 1. The van der Waals surface area contributed by atoms with Gasteiger partial charge in [-0.3, -0.25) is 4.84 Å². The van der Waals surface area contributed by atoms with Crippen molar-refractivity contribution >= 4 is 35.5 Å². The van der Waals surface area contributed by atoms with Gasteiger partial charge >= 0.3 is 12.3 Å². The quantitative estimate of drug-likeness (QED) is 0.209. The zero-order valence-electron chi connectivity index (χ0n) is 16.4. The van der Waals surface area contributed by atoms with E-state index >= 15 is 0 Å². The van der Waals surface area contributed by atoms with Crippen molar-refractivity contribution < 1.29 is 22.8 Å². The lowest BCUT2D eigenvalue weighted by Crippen LogP contribution is -2.20. The summed E-state index contributed by atoms with van der Waals surface area (Å²) in [5.41, 5.74) is -0.0455. The normalized spacial score (nSPS) is 12.2. The second-order valence-electron chi connectivity index (χ2n) is 6.08. The molecule has 0 bridgehead atoms. The van der Waals surface area contributed by atoms with Gasteiger partial charge in [0, 0.05) is 11.9 Å². The van der Waals surface area contributed by atoms with Crippen molar-refractivity contribution in [2.45, 2.75) is 43.5 Å². The average molecular weight is 448 g/mol. The second-order valence-corrected chi connectivity index (χ2v) is 8.02. The van der Waals surface area contributed by atoms with Crippen LogP contribution in [0.1, 0.15) is 23.6 Å². The van der Waals surface area contributed by atoms with E-state index in [2.05, 4.69) is 15.2 Å². The van der Waals surface area contributed by atoms with Crippen LogP contribution in [0.3, 0.4) is 0 Å². The average Bonchev–Trinajstić information content (AvgIpc) is 3.08. The lowest BCUT2D eigenvalue weighted by Gasteiger charge is -2.19. The third-order valence-corrected chi connectivity index (χ3v) is 5.38. The number of nitrogens with zero attached hydrogens (tertiary/aromatic N) is 5. The molecule has 158 valence electrons. The van der Waals surface area contributed by atoms with Crippen LogP contribution in [0.15, 0.2) is 33.7 Å². The number of carbonyl (C=O) groups excluding carboxylic acids is 1. The van der Waals surface area contributed by atoms with E-state index in [1.54, 1.807) is 11.6 Å². The zero-order chi connectivity index (χ0) is 21.8. The van der Waals surface area contributed by atoms with Crippen molar-refractivity contribution in [2.75, 3.05) is 13.3 Å². The van der Waals surface area contributed by atoms with Gasteiger partial charge in [-0.25, -0.2) is 18.8 Å². The zero-order valence-corrected chi connectivity index (χ0v) is 18.1. The molecule has 0 spiro atoms. The molecule has 1 heterocycles. The summed E-state index contributed by atoms with van der Waals surface area (Å²) < 4.78 is 42.4. The largest absolute Gasteiger partial charge is 0.446 e. The van der Waals surface area contributed by atoms with Crippen molar-refractivity contribution in [3.8, 4) is 0 Å². The topological polar surface area (TPSA) is 72.6 Å². The Morgan fingerprint density at radius 1 is 1.34 bits per heavy atom. The molecule has 0 unspecified atom stereocenters. The number of thioether (sulfide) groups is 1. The summed E-state index contributed by atoms with van der Waals surface area (Å²) in [6.07, 6.45) is -1.90. The van der Waals surface area contributed by atoms with E-state index in [0.717, 1.165) is 16.3 Å². The molecule has 0 aliphatic carbocycles. The number of alkyl halides is 3. The summed E-state index contributed by atoms with van der Waals surface area (Å²) in [5, 5.41) is 8.53. The maximum absolute atomic E-state index is 13.3. The smallest absolute Gasteiger partial charge is 0.297 e. The van der Waals surface area contributed by atoms with Crippen LogP contribution < -0.4 is 0 Å². The van der Waals surface area contributed by atoms with Gasteiger partial charge in [-0.05, 0) is 56.2 Å². The fraction of sp³-hybridized carbons (Fsp3) is 0.412. The molecule has 0 atom stereocenters. The van der Waals surface area contributed by atoms with E-state index in [4.69, 9.17) is 4.84 Å². The third-order valence-electron chi connectivity index (χ3n) is 3.77. The number of carbonyl (C=O) groups is 1. The van der Waals surface area contributed by atoms with E-state index < -0.39 is 17.8 Å². The Balaban J connectivity index is 2.02. The molecule has 0 N–H and O–H groups in total. The molecule has 0 aliphatic rings. The molecule has 2 aromatic rings. The molecule has 1 amide bonds. The summed E-state index contributed by atoms with van der Waals surface area (Å²) in [5.74, 6) is 0. The van der Waals surface area contributed by atoms with E-state index in [9.17, 15) is 18.0 Å². The third kappa shape index (κ3) is 6.13. The first kappa shape index (κ1) is 23.1. The number of amides is 1. The molecule has 7 nitrogen and oxygen atoms in total. The SMILES string of the molecule is CSc1ncn(C/C(C)=N/OC(=O)N(C)Sc2ccc(C)c(C(F)(F)F)c2C)n1. The lowest BCUT2D eigenvalue weighted by atomic mass is 10.0. The first-order valence-corrected chi connectivity index (χ1v) is 10.3. The monoisotopic (exact) mass is 447 g/mol. The van der Waals surface area contributed by atoms with Crippen molar-refractivity contribution in [1.29, 1.82) is 0 Å². The van der Waals surface area contributed by atoms with Gasteiger partial charge in [-0.1, -0.05) is 23.0 Å². The van der Waals surface area contributed by atoms with Crippen LogP contribution in [0.2, 0.25) is 0 Å². The fourth-order valence-corrected chi connectivity index (χ4v) is 3.54. The molecule has 29 heavy (non-hydrogen) atoms. The van der Waals surface area contributed by atoms with Crippen LogP contribution in [0, 0.1) is 13.8 Å². The van der Waals surface area contributed by atoms with Gasteiger partial charge in [-0.15, -0.1) is 5.10 Å². The Morgan fingerprint density at radius 2 is 2.03 bits per heavy atom. The molecule has 1 aromatic carbocycles. The predicted molar refractivity (Wildman–Crippen MR) is 106 cm³/mol. The Kier molecular flexibility index (Phi) is 7.58. The fourth-order valence-electron chi connectivity index (χ4n) is 2.43. The highest BCUT2D eigenvalue weighted by Gasteiger charge is 2.35. The highest BCUT2D eigenvalue weighted by atomic mass is 32.2. The van der Waals surface area contributed by atoms with Gasteiger partial charge in [-0.2, -0.15) is 13.2 Å². The van der Waals surface area contributed by atoms with Crippen LogP contribution in [-0.4, -0.2) is 44.2 Å². The van der Waals surface area contributed by atoms with Crippen molar-refractivity contribution in [2.24, 2.45) is 5.16 Å². The molecular formula is C17H20F3N5O2S2. The van der Waals surface area contributed by atoms with Crippen LogP contribution in [0.25, 0.3) is 0 Å². The highest BCUT2D eigenvalue weighted by Crippen LogP contribution is 2.38. The summed E-state index contributed by atoms with van der Waals surface area (Å²) in [6.45, 7) is 4.71. The maximum atomic E-state index is 13.3. The van der Waals surface area contributed by atoms with Gasteiger partial charge < -0.3 is 0 Å². The van der Waals surface area contributed by atoms with Crippen molar-refractivity contribution in [3.63, 3.8) is 0 Å². The lowest BCUT2D eigenvalue weighted by molar-refractivity contribution is -0.138. The van der Waals surface area contributed by atoms with Crippen molar-refractivity contribution in [1.82, 2.24) is 19.1 Å². The Morgan fingerprint density at radius 3 is 2.62 bits per heavy atom. The number of hydrogen-bond acceptors (Lipinski definition) is 7. The molecular weight excluding hydrogens is 427 g/mol. The second kappa shape index (κ2) is 9.53. The number of benzene rings is 1. The first-order chi connectivity index (χ1) is 13.5. The maximum Gasteiger partial charge on any atom is 0.446 e. The van der Waals surface area contributed by atoms with Gasteiger partial charge in [0.05, 0.1) is 17.8 Å². The van der Waals surface area contributed by atoms with E-state index in [-0.39, 0.29) is 17.7 Å². The first-order valence-electron chi connectivity index (χ1n) is 8.30. The standard InChI is InChI=1S/C17H20F3N5O2S2/c1-10-6-7-13(12(3)14(10)17(18,19)20)29-24(4)16(26)27-23-11(2)8-25-9-21-15(22-25)28-5/h6-7,9H,8H2,1-5H3/b23-11+. The molecule has 0 radical (unpaired) electrons. The summed E-state index contributed by atoms with van der Waals surface area (Å²) in [7, 11) is 1.40. The Bertz CT molecular complexity index is 915. The molecule has 2 rings (SSSR count). The number of halogens is 3. The van der Waals surface area contributed by atoms with Gasteiger partial charge in [0.2, 0.25) is 5.16 Å². The van der Waals surface area contributed by atoms with Gasteiger partial charge in [0.15, 0.2) is 0 Å². The number of hydrogen-bond donors (Lipinski definition) is 0. The van der Waals surface area contributed by atoms with E-state index in [0.29, 0.717) is 15.8 Å². The predicted octanol–water partition coefficient (Wildman–Crippen LogP) is 4.79. The molecule has 12 heteroatoms. The van der Waals surface area contributed by atoms with Gasteiger partial charge in [0.25, 0.3) is 0 Å². The summed E-state index contributed by atoms with van der Waals surface area (Å²) in [6, 6.07) is 2.91. The highest BCUT2D eigenvalue weighted by molar-refractivity contribution is 7.98. The molecule has 0 saturated heterocycles. The van der Waals surface area contributed by atoms with E-state index in [1.807, 2.05) is 6.26 Å². The van der Waals surface area contributed by atoms with Crippen LogP contribution >= 0.6 is 23.7 Å². The van der Waals surface area contributed by atoms with Crippen molar-refractivity contribution in [3.05, 3.63) is 35.2 Å². The molecule has 0 saturated carbocycles. The Labute approximate surface area is 174 Å². The molecule has 0 fully saturated rings. The van der Waals surface area contributed by atoms with Gasteiger partial charge in [0.1, 0.15) is 6.33 Å². The van der Waals surface area contributed by atoms with Crippen LogP contribution in [-0.2, 0) is 17.6 Å². The Hall–Kier alpha value is -2.21. The number of aromatic nitrogens is 3. The molecule has 0 aliphatic heterocycles. The minimum Gasteiger partial charge on any atom is -0.297 e. The number of oxime groups is 1. The molecule has 1 aromatic heterocycles. The van der Waals surface area contributed by atoms with Crippen LogP contribution in [0.5, 0.6) is 0 Å².